The van der Waals surface area contributed by atoms with Crippen molar-refractivity contribution in [2.24, 2.45) is 0 Å². The predicted octanol–water partition coefficient (Wildman–Crippen LogP) is 4.26. The van der Waals surface area contributed by atoms with E-state index in [1.807, 2.05) is 35.0 Å². The Labute approximate surface area is 183 Å². The lowest BCUT2D eigenvalue weighted by Crippen LogP contribution is -2.26. The molecule has 31 heavy (non-hydrogen) atoms. The Hall–Kier alpha value is -3.65. The largest absolute Gasteiger partial charge is 0.492 e. The van der Waals surface area contributed by atoms with Crippen molar-refractivity contribution in [2.75, 3.05) is 11.9 Å². The number of amides is 1. The number of para-hydroxylation sites is 2. The van der Waals surface area contributed by atoms with Crippen LogP contribution in [0.15, 0.2) is 72.4 Å². The molecule has 1 N–H and O–H groups in total. The highest BCUT2D eigenvalue weighted by atomic mass is 32.1. The van der Waals surface area contributed by atoms with Crippen LogP contribution in [0.2, 0.25) is 0 Å². The molecule has 0 saturated heterocycles. The van der Waals surface area contributed by atoms with E-state index in [1.165, 1.54) is 11.3 Å². The number of imidazole rings is 1. The van der Waals surface area contributed by atoms with Gasteiger partial charge >= 0.3 is 5.97 Å². The van der Waals surface area contributed by atoms with Crippen molar-refractivity contribution in [3.8, 4) is 5.75 Å². The molecule has 1 atom stereocenters. The Kier molecular flexibility index (Phi) is 6.28. The summed E-state index contributed by atoms with van der Waals surface area (Å²) >= 11 is 1.48. The summed E-state index contributed by atoms with van der Waals surface area (Å²) in [5, 5.41) is 4.74. The van der Waals surface area contributed by atoms with Crippen LogP contribution in [-0.2, 0) is 20.7 Å². The van der Waals surface area contributed by atoms with E-state index in [-0.39, 0.29) is 6.42 Å². The van der Waals surface area contributed by atoms with Crippen LogP contribution in [0.1, 0.15) is 24.3 Å². The second-order valence-corrected chi connectivity index (χ2v) is 7.57. The van der Waals surface area contributed by atoms with Crippen LogP contribution in [0.4, 0.5) is 5.69 Å². The molecular weight excluding hydrogens is 414 g/mol. The topological polar surface area (TPSA) is 81.9 Å². The van der Waals surface area contributed by atoms with Crippen molar-refractivity contribution in [1.82, 2.24) is 9.38 Å². The Balaban J connectivity index is 1.52. The van der Waals surface area contributed by atoms with E-state index in [0.29, 0.717) is 29.3 Å². The number of nitrogens with zero attached hydrogens (tertiary/aromatic N) is 2. The Bertz CT molecular complexity index is 1160. The zero-order valence-electron chi connectivity index (χ0n) is 16.9. The monoisotopic (exact) mass is 435 g/mol. The lowest BCUT2D eigenvalue weighted by Gasteiger charge is -2.19. The first-order chi connectivity index (χ1) is 15.1. The highest BCUT2D eigenvalue weighted by molar-refractivity contribution is 7.15. The molecule has 158 valence electrons. The molecule has 7 nitrogen and oxygen atoms in total. The van der Waals surface area contributed by atoms with Crippen molar-refractivity contribution >= 4 is 33.9 Å². The lowest BCUT2D eigenvalue weighted by molar-refractivity contribution is -0.154. The SMILES string of the molecule is CCOc1ccccc1NC(=O)[C@H](OC(=O)Cc1cn2ccsc2n1)c1ccccc1. The summed E-state index contributed by atoms with van der Waals surface area (Å²) in [6, 6.07) is 16.1. The molecule has 8 heteroatoms. The summed E-state index contributed by atoms with van der Waals surface area (Å²) in [4.78, 5) is 30.9. The van der Waals surface area contributed by atoms with Gasteiger partial charge in [0.1, 0.15) is 5.75 Å². The summed E-state index contributed by atoms with van der Waals surface area (Å²) in [5.41, 5.74) is 1.68. The maximum Gasteiger partial charge on any atom is 0.313 e. The number of esters is 1. The van der Waals surface area contributed by atoms with Crippen LogP contribution in [0, 0.1) is 0 Å². The van der Waals surface area contributed by atoms with Crippen LogP contribution in [0.5, 0.6) is 5.75 Å². The highest BCUT2D eigenvalue weighted by Crippen LogP contribution is 2.27. The first-order valence-corrected chi connectivity index (χ1v) is 10.7. The van der Waals surface area contributed by atoms with Gasteiger partial charge in [-0.2, -0.15) is 0 Å². The van der Waals surface area contributed by atoms with Crippen LogP contribution in [0.3, 0.4) is 0 Å². The minimum atomic E-state index is -1.10. The molecule has 4 rings (SSSR count). The van der Waals surface area contributed by atoms with Gasteiger partial charge in [-0.25, -0.2) is 4.98 Å². The summed E-state index contributed by atoms with van der Waals surface area (Å²) in [6.07, 6.45) is 2.52. The number of rotatable bonds is 8. The molecule has 0 aliphatic rings. The fourth-order valence-corrected chi connectivity index (χ4v) is 3.85. The number of hydrogen-bond acceptors (Lipinski definition) is 6. The predicted molar refractivity (Wildman–Crippen MR) is 118 cm³/mol. The van der Waals surface area contributed by atoms with E-state index in [4.69, 9.17) is 9.47 Å². The van der Waals surface area contributed by atoms with Crippen molar-refractivity contribution in [3.63, 3.8) is 0 Å². The van der Waals surface area contributed by atoms with E-state index in [2.05, 4.69) is 10.3 Å². The maximum absolute atomic E-state index is 13.1. The molecule has 0 unspecified atom stereocenters. The van der Waals surface area contributed by atoms with Gasteiger partial charge in [0, 0.05) is 23.3 Å². The number of fused-ring (bicyclic) bond motifs is 1. The van der Waals surface area contributed by atoms with Crippen LogP contribution >= 0.6 is 11.3 Å². The Morgan fingerprint density at radius 3 is 2.68 bits per heavy atom. The molecule has 2 aromatic heterocycles. The molecule has 4 aromatic rings. The zero-order chi connectivity index (χ0) is 21.6. The first-order valence-electron chi connectivity index (χ1n) is 9.82. The molecule has 0 fully saturated rings. The van der Waals surface area contributed by atoms with Gasteiger partial charge < -0.3 is 14.8 Å². The number of nitrogens with one attached hydrogen (secondary N) is 1. The van der Waals surface area contributed by atoms with E-state index in [9.17, 15) is 9.59 Å². The Morgan fingerprint density at radius 1 is 1.13 bits per heavy atom. The van der Waals surface area contributed by atoms with Gasteiger partial charge in [0.05, 0.1) is 24.4 Å². The van der Waals surface area contributed by atoms with Gasteiger partial charge in [-0.15, -0.1) is 11.3 Å². The number of anilines is 1. The van der Waals surface area contributed by atoms with Gasteiger partial charge in [-0.1, -0.05) is 42.5 Å². The fraction of sp³-hybridized carbons (Fsp3) is 0.174. The molecular formula is C23H21N3O4S. The van der Waals surface area contributed by atoms with Crippen molar-refractivity contribution in [3.05, 3.63) is 83.6 Å². The third kappa shape index (κ3) is 4.92. The summed E-state index contributed by atoms with van der Waals surface area (Å²) in [5.74, 6) is -0.444. The second kappa shape index (κ2) is 9.44. The number of aromatic nitrogens is 2. The van der Waals surface area contributed by atoms with Crippen LogP contribution in [-0.4, -0.2) is 27.9 Å². The molecule has 0 spiro atoms. The number of thiazole rings is 1. The molecule has 1 amide bonds. The number of ether oxygens (including phenoxy) is 2. The summed E-state index contributed by atoms with van der Waals surface area (Å²) in [7, 11) is 0. The molecule has 0 bridgehead atoms. The molecule has 2 aromatic carbocycles. The van der Waals surface area contributed by atoms with Crippen LogP contribution < -0.4 is 10.1 Å². The average Bonchev–Trinajstić information content (AvgIpc) is 3.36. The van der Waals surface area contributed by atoms with Gasteiger partial charge in [-0.05, 0) is 19.1 Å². The zero-order valence-corrected chi connectivity index (χ0v) is 17.7. The van der Waals surface area contributed by atoms with Crippen molar-refractivity contribution in [1.29, 1.82) is 0 Å². The van der Waals surface area contributed by atoms with Crippen LogP contribution in [0.25, 0.3) is 4.96 Å². The number of carbonyl (C=O) groups excluding carboxylic acids is 2. The third-order valence-corrected chi connectivity index (χ3v) is 5.27. The highest BCUT2D eigenvalue weighted by Gasteiger charge is 2.26. The van der Waals surface area contributed by atoms with Gasteiger partial charge in [0.15, 0.2) is 4.96 Å². The number of carbonyl (C=O) groups is 2. The van der Waals surface area contributed by atoms with E-state index >= 15 is 0 Å². The number of benzene rings is 2. The van der Waals surface area contributed by atoms with Gasteiger partial charge in [0.2, 0.25) is 6.10 Å². The van der Waals surface area contributed by atoms with Crippen molar-refractivity contribution in [2.45, 2.75) is 19.4 Å². The standard InChI is InChI=1S/C23H21N3O4S/c1-2-29-19-11-7-6-10-18(19)25-22(28)21(16-8-4-3-5-9-16)30-20(27)14-17-15-26-12-13-31-23(26)24-17/h3-13,15,21H,2,14H2,1H3,(H,25,28)/t21-/m1/s1. The maximum atomic E-state index is 13.1. The minimum Gasteiger partial charge on any atom is -0.492 e. The van der Waals surface area contributed by atoms with Crippen molar-refractivity contribution < 1.29 is 19.1 Å². The summed E-state index contributed by atoms with van der Waals surface area (Å²) in [6.45, 7) is 2.33. The second-order valence-electron chi connectivity index (χ2n) is 6.70. The van der Waals surface area contributed by atoms with E-state index in [0.717, 1.165) is 4.96 Å². The van der Waals surface area contributed by atoms with Gasteiger partial charge in [0.25, 0.3) is 5.91 Å². The lowest BCUT2D eigenvalue weighted by atomic mass is 10.1. The smallest absolute Gasteiger partial charge is 0.313 e. The quantitative estimate of drug-likeness (QED) is 0.418. The number of hydrogen-bond donors (Lipinski definition) is 1. The average molecular weight is 436 g/mol. The fourth-order valence-electron chi connectivity index (χ4n) is 3.13. The van der Waals surface area contributed by atoms with E-state index in [1.54, 1.807) is 48.7 Å². The summed E-state index contributed by atoms with van der Waals surface area (Å²) < 4.78 is 13.0. The van der Waals surface area contributed by atoms with E-state index < -0.39 is 18.0 Å². The first kappa shape index (κ1) is 20.6. The molecule has 2 heterocycles. The Morgan fingerprint density at radius 2 is 1.90 bits per heavy atom. The normalized spacial score (nSPS) is 11.8. The molecule has 0 aliphatic carbocycles. The molecule has 0 saturated carbocycles. The molecule has 0 radical (unpaired) electrons. The third-order valence-electron chi connectivity index (χ3n) is 4.50. The van der Waals surface area contributed by atoms with Gasteiger partial charge in [-0.3, -0.25) is 14.0 Å². The minimum absolute atomic E-state index is 0.0272. The molecule has 0 aliphatic heterocycles.